The highest BCUT2D eigenvalue weighted by Crippen LogP contribution is 2.25. The molecule has 0 bridgehead atoms. The molecule has 0 atom stereocenters. The lowest BCUT2D eigenvalue weighted by molar-refractivity contribution is -0.123. The van der Waals surface area contributed by atoms with Crippen LogP contribution in [0.25, 0.3) is 0 Å². The molecule has 1 saturated carbocycles. The minimum absolute atomic E-state index is 0.0871. The zero-order valence-electron chi connectivity index (χ0n) is 9.88. The molecule has 15 heavy (non-hydrogen) atoms. The van der Waals surface area contributed by atoms with Gasteiger partial charge in [0.2, 0.25) is 5.91 Å². The Balaban J connectivity index is 2.17. The Hall–Kier alpha value is -0.570. The monoisotopic (exact) mass is 213 g/mol. The van der Waals surface area contributed by atoms with Crippen LogP contribution in [0.1, 0.15) is 52.4 Å². The fraction of sp³-hybridized carbons (Fsp3) is 0.917. The van der Waals surface area contributed by atoms with Crippen LogP contribution in [-0.2, 0) is 4.79 Å². The minimum atomic E-state index is -0.803. The number of hydrogen-bond acceptors (Lipinski definition) is 2. The maximum absolute atomic E-state index is 11.5. The summed E-state index contributed by atoms with van der Waals surface area (Å²) in [5, 5.41) is 12.2. The summed E-state index contributed by atoms with van der Waals surface area (Å²) in [4.78, 5) is 11.5. The number of rotatable bonds is 4. The predicted molar refractivity (Wildman–Crippen MR) is 60.5 cm³/mol. The molecule has 1 amide bonds. The third-order valence-corrected chi connectivity index (χ3v) is 2.92. The summed E-state index contributed by atoms with van der Waals surface area (Å²) in [6.45, 7) is 3.75. The summed E-state index contributed by atoms with van der Waals surface area (Å²) in [6.07, 6.45) is 6.87. The van der Waals surface area contributed by atoms with Crippen molar-refractivity contribution in [3.05, 3.63) is 0 Å². The zero-order valence-corrected chi connectivity index (χ0v) is 9.88. The van der Waals surface area contributed by atoms with E-state index in [2.05, 4.69) is 5.32 Å². The van der Waals surface area contributed by atoms with E-state index < -0.39 is 5.60 Å². The third-order valence-electron chi connectivity index (χ3n) is 2.92. The van der Waals surface area contributed by atoms with E-state index in [0.717, 1.165) is 0 Å². The summed E-state index contributed by atoms with van der Waals surface area (Å²) in [5.41, 5.74) is -0.803. The largest absolute Gasteiger partial charge is 0.389 e. The van der Waals surface area contributed by atoms with Crippen molar-refractivity contribution in [3.63, 3.8) is 0 Å². The molecule has 0 heterocycles. The van der Waals surface area contributed by atoms with Crippen LogP contribution in [0.15, 0.2) is 0 Å². The van der Waals surface area contributed by atoms with Crippen LogP contribution in [0.4, 0.5) is 0 Å². The lowest BCUT2D eigenvalue weighted by atomic mass is 9.87. The summed E-state index contributed by atoms with van der Waals surface area (Å²) in [6, 6.07) is 0. The molecule has 1 aliphatic carbocycles. The molecular weight excluding hydrogens is 190 g/mol. The Labute approximate surface area is 92.3 Å². The second-order valence-electron chi connectivity index (χ2n) is 5.30. The molecule has 0 aromatic heterocycles. The van der Waals surface area contributed by atoms with E-state index in [4.69, 9.17) is 0 Å². The summed E-state index contributed by atoms with van der Waals surface area (Å²) >= 11 is 0. The van der Waals surface area contributed by atoms with Crippen LogP contribution >= 0.6 is 0 Å². The van der Waals surface area contributed by atoms with Gasteiger partial charge >= 0.3 is 0 Å². The molecule has 0 saturated heterocycles. The first-order valence-corrected chi connectivity index (χ1v) is 5.96. The summed E-state index contributed by atoms with van der Waals surface area (Å²) < 4.78 is 0. The van der Waals surface area contributed by atoms with Crippen molar-refractivity contribution < 1.29 is 9.90 Å². The number of carbonyl (C=O) groups is 1. The van der Waals surface area contributed by atoms with Crippen molar-refractivity contribution in [2.75, 3.05) is 6.54 Å². The van der Waals surface area contributed by atoms with Crippen molar-refractivity contribution in [1.82, 2.24) is 5.32 Å². The molecule has 0 aliphatic heterocycles. The van der Waals surface area contributed by atoms with E-state index >= 15 is 0 Å². The van der Waals surface area contributed by atoms with Crippen molar-refractivity contribution in [3.8, 4) is 0 Å². The summed E-state index contributed by atoms with van der Waals surface area (Å²) in [7, 11) is 0. The Kier molecular flexibility index (Phi) is 4.58. The molecule has 0 aromatic carbocycles. The van der Waals surface area contributed by atoms with E-state index in [1.807, 2.05) is 0 Å². The van der Waals surface area contributed by atoms with Crippen molar-refractivity contribution in [2.24, 2.45) is 5.92 Å². The average molecular weight is 213 g/mol. The van der Waals surface area contributed by atoms with Crippen LogP contribution in [-0.4, -0.2) is 23.2 Å². The normalized spacial score (nSPS) is 18.9. The lowest BCUT2D eigenvalue weighted by Gasteiger charge is -2.22. The van der Waals surface area contributed by atoms with Crippen LogP contribution in [0, 0.1) is 5.92 Å². The molecule has 1 fully saturated rings. The van der Waals surface area contributed by atoms with Gasteiger partial charge in [0.15, 0.2) is 0 Å². The Bertz CT molecular complexity index is 202. The van der Waals surface area contributed by atoms with Gasteiger partial charge in [-0.15, -0.1) is 0 Å². The van der Waals surface area contributed by atoms with Gasteiger partial charge in [0.25, 0.3) is 0 Å². The fourth-order valence-electron chi connectivity index (χ4n) is 2.04. The van der Waals surface area contributed by atoms with Gasteiger partial charge in [-0.25, -0.2) is 0 Å². The quantitative estimate of drug-likeness (QED) is 0.748. The lowest BCUT2D eigenvalue weighted by Crippen LogP contribution is -2.38. The first-order chi connectivity index (χ1) is 6.97. The van der Waals surface area contributed by atoms with Crippen LogP contribution in [0.3, 0.4) is 0 Å². The van der Waals surface area contributed by atoms with E-state index in [1.54, 1.807) is 13.8 Å². The maximum Gasteiger partial charge on any atom is 0.220 e. The molecule has 0 aromatic rings. The van der Waals surface area contributed by atoms with Crippen molar-refractivity contribution in [1.29, 1.82) is 0 Å². The molecule has 3 nitrogen and oxygen atoms in total. The third kappa shape index (κ3) is 5.78. The molecule has 1 rings (SSSR count). The number of nitrogens with one attached hydrogen (secondary N) is 1. The van der Waals surface area contributed by atoms with Gasteiger partial charge in [-0.1, -0.05) is 19.3 Å². The molecule has 1 aliphatic rings. The second kappa shape index (κ2) is 5.50. The molecule has 2 N–H and O–H groups in total. The number of aliphatic hydroxyl groups is 1. The van der Waals surface area contributed by atoms with E-state index in [0.29, 0.717) is 18.9 Å². The fourth-order valence-corrected chi connectivity index (χ4v) is 2.04. The highest BCUT2D eigenvalue weighted by molar-refractivity contribution is 5.76. The van der Waals surface area contributed by atoms with Gasteiger partial charge < -0.3 is 10.4 Å². The van der Waals surface area contributed by atoms with Gasteiger partial charge in [-0.2, -0.15) is 0 Å². The second-order valence-corrected chi connectivity index (χ2v) is 5.30. The summed E-state index contributed by atoms with van der Waals surface area (Å²) in [5.74, 6) is 0.657. The van der Waals surface area contributed by atoms with Crippen LogP contribution < -0.4 is 5.32 Å². The van der Waals surface area contributed by atoms with Gasteiger partial charge in [0, 0.05) is 13.0 Å². The highest BCUT2D eigenvalue weighted by Gasteiger charge is 2.18. The topological polar surface area (TPSA) is 49.3 Å². The van der Waals surface area contributed by atoms with Gasteiger partial charge in [-0.05, 0) is 32.6 Å². The molecular formula is C12H23NO2. The SMILES string of the molecule is CC(C)(O)CNC(=O)CC1CCCCC1. The van der Waals surface area contributed by atoms with Gasteiger partial charge in [-0.3, -0.25) is 4.79 Å². The van der Waals surface area contributed by atoms with E-state index in [1.165, 1.54) is 32.1 Å². The zero-order chi connectivity index (χ0) is 11.3. The van der Waals surface area contributed by atoms with E-state index in [-0.39, 0.29) is 5.91 Å². The van der Waals surface area contributed by atoms with Gasteiger partial charge in [0.1, 0.15) is 0 Å². The Morgan fingerprint density at radius 3 is 2.47 bits per heavy atom. The molecule has 88 valence electrons. The smallest absolute Gasteiger partial charge is 0.220 e. The van der Waals surface area contributed by atoms with Crippen LogP contribution in [0.5, 0.6) is 0 Å². The standard InChI is InChI=1S/C12H23NO2/c1-12(2,15)9-13-11(14)8-10-6-4-3-5-7-10/h10,15H,3-9H2,1-2H3,(H,13,14). The first kappa shape index (κ1) is 12.5. The van der Waals surface area contributed by atoms with Crippen LogP contribution in [0.2, 0.25) is 0 Å². The molecule has 0 spiro atoms. The predicted octanol–water partition coefficient (Wildman–Crippen LogP) is 1.84. The Morgan fingerprint density at radius 1 is 1.33 bits per heavy atom. The molecule has 3 heteroatoms. The highest BCUT2D eigenvalue weighted by atomic mass is 16.3. The average Bonchev–Trinajstić information content (AvgIpc) is 2.15. The van der Waals surface area contributed by atoms with Crippen molar-refractivity contribution >= 4 is 5.91 Å². The maximum atomic E-state index is 11.5. The number of carbonyl (C=O) groups excluding carboxylic acids is 1. The molecule has 0 radical (unpaired) electrons. The van der Waals surface area contributed by atoms with Crippen molar-refractivity contribution in [2.45, 2.75) is 58.0 Å². The van der Waals surface area contributed by atoms with Gasteiger partial charge in [0.05, 0.1) is 5.60 Å². The Morgan fingerprint density at radius 2 is 1.93 bits per heavy atom. The molecule has 0 unspecified atom stereocenters. The number of amides is 1. The number of hydrogen-bond donors (Lipinski definition) is 2. The first-order valence-electron chi connectivity index (χ1n) is 5.96. The van der Waals surface area contributed by atoms with E-state index in [9.17, 15) is 9.90 Å². The minimum Gasteiger partial charge on any atom is -0.389 e.